The first-order valence-electron chi connectivity index (χ1n) is 7.24. The molecule has 1 unspecified atom stereocenters. The van der Waals surface area contributed by atoms with Gasteiger partial charge >= 0.3 is 0 Å². The number of sulfonamides is 1. The van der Waals surface area contributed by atoms with Gasteiger partial charge in [-0.25, -0.2) is 12.8 Å². The van der Waals surface area contributed by atoms with E-state index in [0.717, 1.165) is 17.7 Å². The first-order chi connectivity index (χ1) is 11.7. The van der Waals surface area contributed by atoms with Crippen LogP contribution in [0, 0.1) is 18.6 Å². The summed E-state index contributed by atoms with van der Waals surface area (Å²) in [6.07, 6.45) is -1.33. The minimum Gasteiger partial charge on any atom is -0.485 e. The van der Waals surface area contributed by atoms with E-state index in [1.165, 1.54) is 12.1 Å². The van der Waals surface area contributed by atoms with Gasteiger partial charge in [-0.05, 0) is 31.2 Å². The Morgan fingerprint density at radius 1 is 1.16 bits per heavy atom. The lowest BCUT2D eigenvalue weighted by atomic mass is 10.2. The highest BCUT2D eigenvalue weighted by atomic mass is 32.2. The first kappa shape index (κ1) is 19.1. The average Bonchev–Trinajstić information content (AvgIpc) is 2.57. The third-order valence-electron chi connectivity index (χ3n) is 3.26. The highest BCUT2D eigenvalue weighted by Crippen LogP contribution is 2.31. The van der Waals surface area contributed by atoms with Crippen LogP contribution in [0.2, 0.25) is 0 Å². The van der Waals surface area contributed by atoms with E-state index in [0.29, 0.717) is 0 Å². The van der Waals surface area contributed by atoms with Crippen molar-refractivity contribution < 1.29 is 32.1 Å². The largest absolute Gasteiger partial charge is 0.485 e. The summed E-state index contributed by atoms with van der Waals surface area (Å²) in [6, 6.07) is 7.67. The normalized spacial score (nSPS) is 12.7. The number of ether oxygens (including phenoxy) is 1. The fraction of sp³-hybridized carbons (Fsp3) is 0.250. The van der Waals surface area contributed by atoms with E-state index in [4.69, 9.17) is 9.84 Å². The zero-order valence-electron chi connectivity index (χ0n) is 13.2. The Labute approximate surface area is 143 Å². The topological polar surface area (TPSA) is 95.9 Å². The third kappa shape index (κ3) is 4.65. The summed E-state index contributed by atoms with van der Waals surface area (Å²) in [6.45, 7) is 0.592. The van der Waals surface area contributed by atoms with Crippen LogP contribution in [0.4, 0.5) is 14.5 Å². The Balaban J connectivity index is 2.35. The van der Waals surface area contributed by atoms with Gasteiger partial charge in [0, 0.05) is 0 Å². The van der Waals surface area contributed by atoms with E-state index in [2.05, 4.69) is 4.72 Å². The molecule has 136 valence electrons. The van der Waals surface area contributed by atoms with E-state index < -0.39 is 46.7 Å². The van der Waals surface area contributed by atoms with Gasteiger partial charge in [-0.3, -0.25) is 4.72 Å². The van der Waals surface area contributed by atoms with Crippen molar-refractivity contribution in [1.82, 2.24) is 0 Å². The van der Waals surface area contributed by atoms with E-state index >= 15 is 0 Å². The van der Waals surface area contributed by atoms with Crippen molar-refractivity contribution in [3.05, 3.63) is 53.6 Å². The molecule has 0 spiro atoms. The fourth-order valence-corrected chi connectivity index (χ4v) is 2.97. The lowest BCUT2D eigenvalue weighted by molar-refractivity contribution is 0.0524. The van der Waals surface area contributed by atoms with Crippen LogP contribution in [0.15, 0.2) is 41.3 Å². The van der Waals surface area contributed by atoms with Crippen LogP contribution < -0.4 is 9.46 Å². The van der Waals surface area contributed by atoms with Crippen LogP contribution >= 0.6 is 0 Å². The molecule has 2 rings (SSSR count). The lowest BCUT2D eigenvalue weighted by Crippen LogP contribution is -2.22. The number of anilines is 1. The lowest BCUT2D eigenvalue weighted by Gasteiger charge is -2.16. The maximum atomic E-state index is 14.0. The van der Waals surface area contributed by atoms with Crippen LogP contribution in [-0.4, -0.2) is 37.9 Å². The maximum absolute atomic E-state index is 14.0. The average molecular weight is 373 g/mol. The molecule has 0 aliphatic carbocycles. The number of halogens is 2. The van der Waals surface area contributed by atoms with Gasteiger partial charge in [0.15, 0.2) is 11.6 Å². The smallest absolute Gasteiger partial charge is 0.262 e. The highest BCUT2D eigenvalue weighted by Gasteiger charge is 2.21. The minimum atomic E-state index is -4.06. The summed E-state index contributed by atoms with van der Waals surface area (Å²) in [5.41, 5.74) is 0.526. The Bertz CT molecular complexity index is 840. The molecule has 2 aromatic carbocycles. The molecule has 0 saturated heterocycles. The molecule has 3 N–H and O–H groups in total. The molecule has 0 bridgehead atoms. The van der Waals surface area contributed by atoms with Crippen molar-refractivity contribution in [2.45, 2.75) is 17.9 Å². The van der Waals surface area contributed by atoms with Gasteiger partial charge in [-0.15, -0.1) is 0 Å². The predicted molar refractivity (Wildman–Crippen MR) is 86.9 cm³/mol. The van der Waals surface area contributed by atoms with Crippen molar-refractivity contribution in [2.24, 2.45) is 0 Å². The molecular weight excluding hydrogens is 356 g/mol. The second-order valence-corrected chi connectivity index (χ2v) is 6.99. The standard InChI is InChI=1S/C16H17F2NO5S/c1-10-2-4-12(5-3-10)25(22,23)19-14-7-6-13(17)15(18)16(14)24-9-11(21)8-20/h2-7,11,19-21H,8-9H2,1H3. The van der Waals surface area contributed by atoms with Crippen LogP contribution in [0.25, 0.3) is 0 Å². The van der Waals surface area contributed by atoms with Gasteiger partial charge < -0.3 is 14.9 Å². The third-order valence-corrected chi connectivity index (χ3v) is 4.64. The summed E-state index contributed by atoms with van der Waals surface area (Å²) >= 11 is 0. The molecule has 2 aromatic rings. The van der Waals surface area contributed by atoms with Crippen LogP contribution in [0.1, 0.15) is 5.56 Å². The second-order valence-electron chi connectivity index (χ2n) is 5.30. The van der Waals surface area contributed by atoms with Gasteiger partial charge in [0.1, 0.15) is 12.7 Å². The zero-order valence-corrected chi connectivity index (χ0v) is 14.1. The number of rotatable bonds is 7. The van der Waals surface area contributed by atoms with Crippen molar-refractivity contribution in [1.29, 1.82) is 0 Å². The predicted octanol–water partition coefficient (Wildman–Crippen LogP) is 1.81. The Hall–Kier alpha value is -2.23. The fourth-order valence-electron chi connectivity index (χ4n) is 1.91. The minimum absolute atomic E-state index is 0.0656. The molecule has 0 aromatic heterocycles. The van der Waals surface area contributed by atoms with Crippen LogP contribution in [0.3, 0.4) is 0 Å². The van der Waals surface area contributed by atoms with E-state index in [9.17, 15) is 22.3 Å². The molecule has 0 fully saturated rings. The van der Waals surface area contributed by atoms with E-state index in [1.54, 1.807) is 19.1 Å². The van der Waals surface area contributed by atoms with Crippen molar-refractivity contribution in [3.63, 3.8) is 0 Å². The van der Waals surface area contributed by atoms with Gasteiger partial charge in [-0.1, -0.05) is 17.7 Å². The summed E-state index contributed by atoms with van der Waals surface area (Å²) in [7, 11) is -4.06. The summed E-state index contributed by atoms with van der Waals surface area (Å²) in [5.74, 6) is -3.36. The second kappa shape index (κ2) is 7.77. The van der Waals surface area contributed by atoms with Gasteiger partial charge in [0.05, 0.1) is 17.2 Å². The monoisotopic (exact) mass is 373 g/mol. The Kier molecular flexibility index (Phi) is 5.93. The molecule has 0 radical (unpaired) electrons. The number of aliphatic hydroxyl groups excluding tert-OH is 2. The molecule has 6 nitrogen and oxygen atoms in total. The molecule has 0 saturated carbocycles. The molecule has 9 heteroatoms. The number of aryl methyl sites for hydroxylation is 1. The highest BCUT2D eigenvalue weighted by molar-refractivity contribution is 7.92. The van der Waals surface area contributed by atoms with Gasteiger partial charge in [0.25, 0.3) is 10.0 Å². The van der Waals surface area contributed by atoms with E-state index in [-0.39, 0.29) is 10.6 Å². The number of nitrogens with one attached hydrogen (secondary N) is 1. The molecular formula is C16H17F2NO5S. The van der Waals surface area contributed by atoms with Crippen LogP contribution in [-0.2, 0) is 10.0 Å². The first-order valence-corrected chi connectivity index (χ1v) is 8.72. The van der Waals surface area contributed by atoms with Gasteiger partial charge in [-0.2, -0.15) is 4.39 Å². The Morgan fingerprint density at radius 3 is 2.40 bits per heavy atom. The SMILES string of the molecule is Cc1ccc(S(=O)(=O)Nc2ccc(F)c(F)c2OCC(O)CO)cc1. The number of benzene rings is 2. The molecule has 25 heavy (non-hydrogen) atoms. The van der Waals surface area contributed by atoms with Crippen molar-refractivity contribution in [3.8, 4) is 5.75 Å². The number of aliphatic hydroxyl groups is 2. The van der Waals surface area contributed by atoms with Crippen molar-refractivity contribution in [2.75, 3.05) is 17.9 Å². The van der Waals surface area contributed by atoms with E-state index in [1.807, 2.05) is 0 Å². The summed E-state index contributed by atoms with van der Waals surface area (Å²) in [5, 5.41) is 18.0. The molecule has 0 heterocycles. The Morgan fingerprint density at radius 2 is 1.80 bits per heavy atom. The molecule has 0 amide bonds. The molecule has 1 atom stereocenters. The molecule has 0 aliphatic heterocycles. The zero-order chi connectivity index (χ0) is 18.6. The summed E-state index contributed by atoms with van der Waals surface area (Å²) < 4.78 is 59.2. The maximum Gasteiger partial charge on any atom is 0.262 e. The van der Waals surface area contributed by atoms with Crippen molar-refractivity contribution >= 4 is 15.7 Å². The molecule has 0 aliphatic rings. The van der Waals surface area contributed by atoms with Crippen LogP contribution in [0.5, 0.6) is 5.75 Å². The quantitative estimate of drug-likeness (QED) is 0.688. The number of hydrogen-bond donors (Lipinski definition) is 3. The van der Waals surface area contributed by atoms with Gasteiger partial charge in [0.2, 0.25) is 5.82 Å². The summed E-state index contributed by atoms with van der Waals surface area (Å²) in [4.78, 5) is -0.0656. The number of hydrogen-bond acceptors (Lipinski definition) is 5.